The normalized spacial score (nSPS) is 12.0. The molecule has 102 valence electrons. The number of likely N-dealkylation sites (N-methyl/N-ethyl adjacent to an activating group) is 1. The summed E-state index contributed by atoms with van der Waals surface area (Å²) in [7, 11) is -2.01. The molecule has 0 saturated heterocycles. The standard InChI is InChI=1S/C11H20N4O2S/c1-5-12-6-10-7-13-14-11(10)18(16,17)15(4)8-9(2)3/h7,12H,2,5-6,8H2,1,3-4H3,(H,13,14). The molecule has 0 radical (unpaired) electrons. The summed E-state index contributed by atoms with van der Waals surface area (Å²) in [6.45, 7) is 9.01. The second-order valence-corrected chi connectivity index (χ2v) is 6.20. The van der Waals surface area contributed by atoms with Gasteiger partial charge in [0.05, 0.1) is 6.20 Å². The van der Waals surface area contributed by atoms with E-state index in [-0.39, 0.29) is 5.03 Å². The second kappa shape index (κ2) is 6.12. The van der Waals surface area contributed by atoms with Crippen molar-refractivity contribution in [2.45, 2.75) is 25.4 Å². The van der Waals surface area contributed by atoms with Gasteiger partial charge in [0.2, 0.25) is 0 Å². The van der Waals surface area contributed by atoms with E-state index in [1.54, 1.807) is 6.92 Å². The smallest absolute Gasteiger partial charge is 0.260 e. The van der Waals surface area contributed by atoms with Crippen molar-refractivity contribution in [2.24, 2.45) is 0 Å². The summed E-state index contributed by atoms with van der Waals surface area (Å²) in [5.74, 6) is 0. The average molecular weight is 272 g/mol. The van der Waals surface area contributed by atoms with E-state index in [0.29, 0.717) is 18.7 Å². The van der Waals surface area contributed by atoms with Gasteiger partial charge in [0.15, 0.2) is 5.03 Å². The minimum Gasteiger partial charge on any atom is -0.313 e. The van der Waals surface area contributed by atoms with Gasteiger partial charge in [0.1, 0.15) is 0 Å². The molecule has 0 amide bonds. The largest absolute Gasteiger partial charge is 0.313 e. The van der Waals surface area contributed by atoms with Crippen LogP contribution in [0, 0.1) is 0 Å². The Morgan fingerprint density at radius 3 is 2.83 bits per heavy atom. The van der Waals surface area contributed by atoms with Gasteiger partial charge in [-0.05, 0) is 13.5 Å². The molecule has 18 heavy (non-hydrogen) atoms. The summed E-state index contributed by atoms with van der Waals surface area (Å²) in [5, 5.41) is 9.60. The van der Waals surface area contributed by atoms with E-state index in [1.165, 1.54) is 17.5 Å². The van der Waals surface area contributed by atoms with Crippen LogP contribution in [0.15, 0.2) is 23.4 Å². The number of aromatic nitrogens is 2. The van der Waals surface area contributed by atoms with Gasteiger partial charge in [-0.15, -0.1) is 0 Å². The van der Waals surface area contributed by atoms with Crippen molar-refractivity contribution < 1.29 is 8.42 Å². The molecule has 6 nitrogen and oxygen atoms in total. The number of nitrogens with zero attached hydrogens (tertiary/aromatic N) is 2. The highest BCUT2D eigenvalue weighted by Gasteiger charge is 2.25. The summed E-state index contributed by atoms with van der Waals surface area (Å²) < 4.78 is 25.9. The molecule has 1 aromatic heterocycles. The highest BCUT2D eigenvalue weighted by Crippen LogP contribution is 2.16. The Morgan fingerprint density at radius 1 is 1.61 bits per heavy atom. The number of rotatable bonds is 7. The molecule has 0 aliphatic rings. The third kappa shape index (κ3) is 3.41. The topological polar surface area (TPSA) is 78.1 Å². The molecule has 0 aromatic carbocycles. The number of aromatic amines is 1. The molecule has 1 heterocycles. The summed E-state index contributed by atoms with van der Waals surface area (Å²) in [4.78, 5) is 0. The number of nitrogens with one attached hydrogen (secondary N) is 2. The van der Waals surface area contributed by atoms with Crippen LogP contribution in [0.3, 0.4) is 0 Å². The van der Waals surface area contributed by atoms with Crippen LogP contribution in [0.4, 0.5) is 0 Å². The predicted octanol–water partition coefficient (Wildman–Crippen LogP) is 0.716. The predicted molar refractivity (Wildman–Crippen MR) is 70.6 cm³/mol. The molecule has 2 N–H and O–H groups in total. The quantitative estimate of drug-likeness (QED) is 0.717. The Hall–Kier alpha value is -1.18. The van der Waals surface area contributed by atoms with Crippen LogP contribution in [0.2, 0.25) is 0 Å². The monoisotopic (exact) mass is 272 g/mol. The fraction of sp³-hybridized carbons (Fsp3) is 0.545. The van der Waals surface area contributed by atoms with Crippen molar-refractivity contribution in [3.63, 3.8) is 0 Å². The molecule has 0 aliphatic heterocycles. The lowest BCUT2D eigenvalue weighted by Crippen LogP contribution is -2.29. The van der Waals surface area contributed by atoms with Crippen molar-refractivity contribution in [2.75, 3.05) is 20.1 Å². The van der Waals surface area contributed by atoms with Crippen LogP contribution in [-0.2, 0) is 16.6 Å². The lowest BCUT2D eigenvalue weighted by molar-refractivity contribution is 0.488. The van der Waals surface area contributed by atoms with E-state index in [2.05, 4.69) is 22.1 Å². The van der Waals surface area contributed by atoms with Gasteiger partial charge in [-0.25, -0.2) is 8.42 Å². The highest BCUT2D eigenvalue weighted by molar-refractivity contribution is 7.89. The van der Waals surface area contributed by atoms with Crippen LogP contribution in [0.5, 0.6) is 0 Å². The summed E-state index contributed by atoms with van der Waals surface area (Å²) in [6, 6.07) is 0. The first-order valence-electron chi connectivity index (χ1n) is 5.73. The van der Waals surface area contributed by atoms with Gasteiger partial charge in [0, 0.05) is 25.7 Å². The van der Waals surface area contributed by atoms with Crippen LogP contribution >= 0.6 is 0 Å². The van der Waals surface area contributed by atoms with Crippen molar-refractivity contribution in [1.82, 2.24) is 19.8 Å². The molecule has 0 fully saturated rings. The van der Waals surface area contributed by atoms with Gasteiger partial charge in [-0.2, -0.15) is 9.40 Å². The minimum atomic E-state index is -3.54. The first kappa shape index (κ1) is 14.9. The molecule has 1 aromatic rings. The SMILES string of the molecule is C=C(C)CN(C)S(=O)(=O)c1[nH]ncc1CNCC. The molecule has 0 saturated carbocycles. The van der Waals surface area contributed by atoms with Gasteiger partial charge in [0.25, 0.3) is 10.0 Å². The second-order valence-electron chi connectivity index (χ2n) is 4.22. The third-order valence-electron chi connectivity index (χ3n) is 2.40. The maximum atomic E-state index is 12.3. The van der Waals surface area contributed by atoms with Gasteiger partial charge in [-0.3, -0.25) is 5.10 Å². The van der Waals surface area contributed by atoms with Crippen molar-refractivity contribution in [1.29, 1.82) is 0 Å². The Balaban J connectivity index is 2.97. The van der Waals surface area contributed by atoms with Gasteiger partial charge >= 0.3 is 0 Å². The Bertz CT molecular complexity index is 507. The summed E-state index contributed by atoms with van der Waals surface area (Å²) >= 11 is 0. The number of sulfonamides is 1. The third-order valence-corrected chi connectivity index (χ3v) is 4.22. The number of H-pyrrole nitrogens is 1. The maximum Gasteiger partial charge on any atom is 0.260 e. The van der Waals surface area contributed by atoms with Gasteiger partial charge < -0.3 is 5.32 Å². The fourth-order valence-electron chi connectivity index (χ4n) is 1.53. The molecule has 1 rings (SSSR count). The van der Waals surface area contributed by atoms with E-state index in [0.717, 1.165) is 12.1 Å². The van der Waals surface area contributed by atoms with E-state index in [4.69, 9.17) is 0 Å². The van der Waals surface area contributed by atoms with Crippen molar-refractivity contribution >= 4 is 10.0 Å². The molecule has 0 unspecified atom stereocenters. The molecule has 0 bridgehead atoms. The first-order chi connectivity index (χ1) is 8.39. The van der Waals surface area contributed by atoms with E-state index in [1.807, 2.05) is 6.92 Å². The fourth-order valence-corrected chi connectivity index (χ4v) is 2.86. The Morgan fingerprint density at radius 2 is 2.28 bits per heavy atom. The van der Waals surface area contributed by atoms with Crippen molar-refractivity contribution in [3.8, 4) is 0 Å². The number of hydrogen-bond donors (Lipinski definition) is 2. The average Bonchev–Trinajstić information content (AvgIpc) is 2.73. The summed E-state index contributed by atoms with van der Waals surface area (Å²) in [5.41, 5.74) is 1.43. The molecule has 7 heteroatoms. The van der Waals surface area contributed by atoms with Crippen LogP contribution in [0.1, 0.15) is 19.4 Å². The van der Waals surface area contributed by atoms with Crippen molar-refractivity contribution in [3.05, 3.63) is 23.9 Å². The van der Waals surface area contributed by atoms with Crippen LogP contribution in [-0.4, -0.2) is 43.1 Å². The lowest BCUT2D eigenvalue weighted by atomic mass is 10.3. The number of hydrogen-bond acceptors (Lipinski definition) is 4. The zero-order valence-corrected chi connectivity index (χ0v) is 11.8. The zero-order chi connectivity index (χ0) is 13.8. The Labute approximate surface area is 108 Å². The zero-order valence-electron chi connectivity index (χ0n) is 11.0. The summed E-state index contributed by atoms with van der Waals surface area (Å²) in [6.07, 6.45) is 1.53. The van der Waals surface area contributed by atoms with Crippen LogP contribution in [0.25, 0.3) is 0 Å². The molecule has 0 atom stereocenters. The van der Waals surface area contributed by atoms with E-state index in [9.17, 15) is 8.42 Å². The van der Waals surface area contributed by atoms with E-state index < -0.39 is 10.0 Å². The minimum absolute atomic E-state index is 0.146. The highest BCUT2D eigenvalue weighted by atomic mass is 32.2. The first-order valence-corrected chi connectivity index (χ1v) is 7.17. The maximum absolute atomic E-state index is 12.3. The molecular weight excluding hydrogens is 252 g/mol. The molecule has 0 aliphatic carbocycles. The Kier molecular flexibility index (Phi) is 5.06. The van der Waals surface area contributed by atoms with Gasteiger partial charge in [-0.1, -0.05) is 19.1 Å². The van der Waals surface area contributed by atoms with E-state index >= 15 is 0 Å². The molecule has 0 spiro atoms. The van der Waals surface area contributed by atoms with Crippen LogP contribution < -0.4 is 5.32 Å². The molecular formula is C11H20N4O2S. The lowest BCUT2D eigenvalue weighted by Gasteiger charge is -2.16.